The van der Waals surface area contributed by atoms with Crippen LogP contribution in [0.3, 0.4) is 0 Å². The van der Waals surface area contributed by atoms with Crippen LogP contribution in [0.2, 0.25) is 0 Å². The third-order valence-corrected chi connectivity index (χ3v) is 5.38. The zero-order valence-corrected chi connectivity index (χ0v) is 15.1. The predicted octanol–water partition coefficient (Wildman–Crippen LogP) is 2.56. The number of hydrogen-bond acceptors (Lipinski definition) is 4. The first-order chi connectivity index (χ1) is 10.9. The van der Waals surface area contributed by atoms with Crippen LogP contribution >= 0.6 is 0 Å². The first-order valence-corrected chi connectivity index (χ1v) is 9.38. The molecule has 3 heterocycles. The zero-order chi connectivity index (χ0) is 16.4. The Balaban J connectivity index is 1.48. The summed E-state index contributed by atoms with van der Waals surface area (Å²) < 4.78 is 5.52. The Bertz CT molecular complexity index is 415. The quantitative estimate of drug-likeness (QED) is 0.800. The summed E-state index contributed by atoms with van der Waals surface area (Å²) in [6.45, 7) is 12.6. The molecule has 2 unspecified atom stereocenters. The molecule has 3 aliphatic rings. The summed E-state index contributed by atoms with van der Waals surface area (Å²) >= 11 is 0. The molecule has 3 rings (SSSR count). The Morgan fingerprint density at radius 3 is 2.39 bits per heavy atom. The lowest BCUT2D eigenvalue weighted by Crippen LogP contribution is -2.58. The zero-order valence-electron chi connectivity index (χ0n) is 15.1. The standard InChI is InChI=1S/C18H33N3O2/c1-18(2,3)23-17(22)21-12-8-16(21)14-19-9-6-7-15(13-19)20-10-4-5-11-20/h15-16H,4-14H2,1-3H3. The number of carbonyl (C=O) groups excluding carboxylic acids is 1. The van der Waals surface area contributed by atoms with Crippen molar-refractivity contribution < 1.29 is 9.53 Å². The van der Waals surface area contributed by atoms with Gasteiger partial charge in [0.1, 0.15) is 5.60 Å². The van der Waals surface area contributed by atoms with E-state index in [9.17, 15) is 4.79 Å². The summed E-state index contributed by atoms with van der Waals surface area (Å²) in [7, 11) is 0. The van der Waals surface area contributed by atoms with Crippen molar-refractivity contribution >= 4 is 6.09 Å². The molecule has 2 atom stereocenters. The van der Waals surface area contributed by atoms with Crippen molar-refractivity contribution in [2.45, 2.75) is 70.6 Å². The molecule has 1 amide bonds. The van der Waals surface area contributed by atoms with Crippen LogP contribution in [0.4, 0.5) is 4.79 Å². The van der Waals surface area contributed by atoms with Gasteiger partial charge in [-0.15, -0.1) is 0 Å². The van der Waals surface area contributed by atoms with Crippen LogP contribution in [0.15, 0.2) is 0 Å². The van der Waals surface area contributed by atoms with Crippen molar-refractivity contribution in [1.82, 2.24) is 14.7 Å². The molecule has 0 aromatic rings. The average Bonchev–Trinajstić information content (AvgIpc) is 2.96. The van der Waals surface area contributed by atoms with Gasteiger partial charge >= 0.3 is 6.09 Å². The molecule has 5 heteroatoms. The molecule has 0 bridgehead atoms. The maximum absolute atomic E-state index is 12.2. The van der Waals surface area contributed by atoms with E-state index < -0.39 is 5.60 Å². The molecule has 3 fully saturated rings. The molecule has 0 aromatic heterocycles. The lowest BCUT2D eigenvalue weighted by atomic mass is 9.99. The normalized spacial score (nSPS) is 30.3. The molecule has 0 aliphatic carbocycles. The van der Waals surface area contributed by atoms with Crippen molar-refractivity contribution in [2.75, 3.05) is 39.3 Å². The van der Waals surface area contributed by atoms with Gasteiger partial charge in [0.05, 0.1) is 0 Å². The van der Waals surface area contributed by atoms with Crippen LogP contribution in [-0.2, 0) is 4.74 Å². The summed E-state index contributed by atoms with van der Waals surface area (Å²) in [4.78, 5) is 19.4. The van der Waals surface area contributed by atoms with E-state index in [1.54, 1.807) is 0 Å². The second-order valence-corrected chi connectivity index (χ2v) is 8.41. The van der Waals surface area contributed by atoms with Crippen molar-refractivity contribution in [3.05, 3.63) is 0 Å². The lowest BCUT2D eigenvalue weighted by molar-refractivity contribution is -0.0158. The predicted molar refractivity (Wildman–Crippen MR) is 91.6 cm³/mol. The van der Waals surface area contributed by atoms with Crippen LogP contribution in [0, 0.1) is 0 Å². The van der Waals surface area contributed by atoms with Crippen LogP contribution in [-0.4, -0.2) is 77.7 Å². The van der Waals surface area contributed by atoms with Crippen LogP contribution in [0.25, 0.3) is 0 Å². The van der Waals surface area contributed by atoms with Gasteiger partial charge in [0.2, 0.25) is 0 Å². The minimum Gasteiger partial charge on any atom is -0.444 e. The molecule has 0 spiro atoms. The number of carbonyl (C=O) groups is 1. The second-order valence-electron chi connectivity index (χ2n) is 8.41. The highest BCUT2D eigenvalue weighted by Crippen LogP contribution is 2.25. The number of hydrogen-bond donors (Lipinski definition) is 0. The first-order valence-electron chi connectivity index (χ1n) is 9.38. The highest BCUT2D eigenvalue weighted by atomic mass is 16.6. The van der Waals surface area contributed by atoms with Crippen molar-refractivity contribution in [1.29, 1.82) is 0 Å². The highest BCUT2D eigenvalue weighted by molar-refractivity contribution is 5.69. The minimum atomic E-state index is -0.400. The number of piperidine rings is 1. The van der Waals surface area contributed by atoms with Crippen LogP contribution < -0.4 is 0 Å². The van der Waals surface area contributed by atoms with E-state index in [0.717, 1.165) is 25.6 Å². The number of rotatable bonds is 3. The van der Waals surface area contributed by atoms with Gasteiger partial charge in [-0.3, -0.25) is 9.80 Å². The van der Waals surface area contributed by atoms with Gasteiger partial charge in [-0.2, -0.15) is 0 Å². The SMILES string of the molecule is CC(C)(C)OC(=O)N1CCC1CN1CCCC(N2CCCC2)C1. The van der Waals surface area contributed by atoms with Gasteiger partial charge in [0, 0.05) is 31.7 Å². The monoisotopic (exact) mass is 323 g/mol. The Hall–Kier alpha value is -0.810. The highest BCUT2D eigenvalue weighted by Gasteiger charge is 2.37. The second kappa shape index (κ2) is 6.98. The summed E-state index contributed by atoms with van der Waals surface area (Å²) in [6.07, 6.45) is 6.35. The van der Waals surface area contributed by atoms with E-state index in [2.05, 4.69) is 9.80 Å². The van der Waals surface area contributed by atoms with E-state index in [0.29, 0.717) is 6.04 Å². The maximum Gasteiger partial charge on any atom is 0.410 e. The molecule has 3 saturated heterocycles. The molecule has 132 valence electrons. The fourth-order valence-corrected chi connectivity index (χ4v) is 4.09. The van der Waals surface area contributed by atoms with Gasteiger partial charge in [-0.1, -0.05) is 0 Å². The summed E-state index contributed by atoms with van der Waals surface area (Å²) in [5.74, 6) is 0. The Kier molecular flexibility index (Phi) is 5.16. The Morgan fingerprint density at radius 1 is 1.04 bits per heavy atom. The smallest absolute Gasteiger partial charge is 0.410 e. The topological polar surface area (TPSA) is 36.0 Å². The lowest BCUT2D eigenvalue weighted by Gasteiger charge is -2.45. The van der Waals surface area contributed by atoms with Crippen molar-refractivity contribution in [3.63, 3.8) is 0 Å². The maximum atomic E-state index is 12.2. The number of amides is 1. The van der Waals surface area contributed by atoms with Gasteiger partial charge in [0.25, 0.3) is 0 Å². The first kappa shape index (κ1) is 17.0. The largest absolute Gasteiger partial charge is 0.444 e. The molecular weight excluding hydrogens is 290 g/mol. The molecule has 0 aromatic carbocycles. The van der Waals surface area contributed by atoms with Gasteiger partial charge in [-0.05, 0) is 72.5 Å². The van der Waals surface area contributed by atoms with E-state index in [1.807, 2.05) is 25.7 Å². The van der Waals surface area contributed by atoms with E-state index >= 15 is 0 Å². The van der Waals surface area contributed by atoms with E-state index in [-0.39, 0.29) is 6.09 Å². The van der Waals surface area contributed by atoms with Gasteiger partial charge in [-0.25, -0.2) is 4.79 Å². The molecular formula is C18H33N3O2. The third kappa shape index (κ3) is 4.38. The number of ether oxygens (including phenoxy) is 1. The van der Waals surface area contributed by atoms with Crippen molar-refractivity contribution in [2.24, 2.45) is 0 Å². The van der Waals surface area contributed by atoms with E-state index in [4.69, 9.17) is 4.74 Å². The number of likely N-dealkylation sites (tertiary alicyclic amines) is 3. The van der Waals surface area contributed by atoms with Crippen LogP contribution in [0.1, 0.15) is 52.9 Å². The van der Waals surface area contributed by atoms with Gasteiger partial charge in [0.15, 0.2) is 0 Å². The molecule has 23 heavy (non-hydrogen) atoms. The molecule has 5 nitrogen and oxygen atoms in total. The Labute approximate surface area is 140 Å². The minimum absolute atomic E-state index is 0.137. The Morgan fingerprint density at radius 2 is 1.78 bits per heavy atom. The van der Waals surface area contributed by atoms with Crippen LogP contribution in [0.5, 0.6) is 0 Å². The fraction of sp³-hybridized carbons (Fsp3) is 0.944. The molecule has 0 radical (unpaired) electrons. The number of nitrogens with zero attached hydrogens (tertiary/aromatic N) is 3. The van der Waals surface area contributed by atoms with Crippen molar-refractivity contribution in [3.8, 4) is 0 Å². The average molecular weight is 323 g/mol. The van der Waals surface area contributed by atoms with E-state index in [1.165, 1.54) is 51.9 Å². The third-order valence-electron chi connectivity index (χ3n) is 5.38. The summed E-state index contributed by atoms with van der Waals surface area (Å²) in [5, 5.41) is 0. The summed E-state index contributed by atoms with van der Waals surface area (Å²) in [6, 6.07) is 1.09. The molecule has 0 N–H and O–H groups in total. The fourth-order valence-electron chi connectivity index (χ4n) is 4.09. The summed E-state index contributed by atoms with van der Waals surface area (Å²) in [5.41, 5.74) is -0.400. The molecule has 3 aliphatic heterocycles. The van der Waals surface area contributed by atoms with Gasteiger partial charge < -0.3 is 9.64 Å². The molecule has 0 saturated carbocycles.